The standard InChI is InChI=1S/C15H11BrN2O5/c16-14-9-11(6-7-17(19)20)4-5-15(14)23-10-12-2-1-3-13(8-12)18(21)22/h1-9H,10H2. The van der Waals surface area contributed by atoms with E-state index >= 15 is 0 Å². The lowest BCUT2D eigenvalue weighted by atomic mass is 10.2. The number of benzene rings is 2. The fourth-order valence-electron chi connectivity index (χ4n) is 1.81. The number of non-ortho nitro benzene ring substituents is 1. The lowest BCUT2D eigenvalue weighted by molar-refractivity contribution is -0.400. The minimum absolute atomic E-state index is 0.00503. The summed E-state index contributed by atoms with van der Waals surface area (Å²) in [5, 5.41) is 21.0. The van der Waals surface area contributed by atoms with Crippen LogP contribution in [-0.4, -0.2) is 9.85 Å². The van der Waals surface area contributed by atoms with Crippen molar-refractivity contribution in [2.24, 2.45) is 0 Å². The summed E-state index contributed by atoms with van der Waals surface area (Å²) in [4.78, 5) is 20.0. The molecule has 0 atom stereocenters. The van der Waals surface area contributed by atoms with Crippen LogP contribution in [0.1, 0.15) is 11.1 Å². The Bertz CT molecular complexity index is 776. The van der Waals surface area contributed by atoms with Crippen molar-refractivity contribution < 1.29 is 14.6 Å². The number of hydrogen-bond donors (Lipinski definition) is 0. The third kappa shape index (κ3) is 4.89. The average Bonchev–Trinajstić information content (AvgIpc) is 2.52. The second kappa shape index (κ2) is 7.50. The van der Waals surface area contributed by atoms with E-state index in [-0.39, 0.29) is 12.3 Å². The van der Waals surface area contributed by atoms with Gasteiger partial charge < -0.3 is 4.74 Å². The van der Waals surface area contributed by atoms with E-state index in [1.165, 1.54) is 18.2 Å². The Morgan fingerprint density at radius 2 is 1.91 bits per heavy atom. The Morgan fingerprint density at radius 1 is 1.13 bits per heavy atom. The maximum absolute atomic E-state index is 10.7. The van der Waals surface area contributed by atoms with E-state index in [4.69, 9.17) is 4.74 Å². The van der Waals surface area contributed by atoms with Crippen LogP contribution >= 0.6 is 15.9 Å². The molecule has 0 aliphatic heterocycles. The molecular weight excluding hydrogens is 368 g/mol. The smallest absolute Gasteiger partial charge is 0.269 e. The molecule has 8 heteroatoms. The van der Waals surface area contributed by atoms with Crippen LogP contribution in [0, 0.1) is 20.2 Å². The molecule has 0 radical (unpaired) electrons. The molecule has 0 aliphatic carbocycles. The van der Waals surface area contributed by atoms with Crippen LogP contribution in [0.15, 0.2) is 53.1 Å². The predicted octanol–water partition coefficient (Wildman–Crippen LogP) is 4.18. The first kappa shape index (κ1) is 16.6. The topological polar surface area (TPSA) is 95.5 Å². The van der Waals surface area contributed by atoms with E-state index in [1.807, 2.05) is 0 Å². The van der Waals surface area contributed by atoms with Gasteiger partial charge in [0.2, 0.25) is 6.20 Å². The Balaban J connectivity index is 2.07. The fraction of sp³-hybridized carbons (Fsp3) is 0.0667. The molecule has 7 nitrogen and oxygen atoms in total. The second-order valence-electron chi connectivity index (χ2n) is 4.51. The third-order valence-corrected chi connectivity index (χ3v) is 3.48. The van der Waals surface area contributed by atoms with Gasteiger partial charge >= 0.3 is 0 Å². The molecule has 0 aromatic heterocycles. The Morgan fingerprint density at radius 3 is 2.57 bits per heavy atom. The average molecular weight is 379 g/mol. The molecule has 23 heavy (non-hydrogen) atoms. The molecule has 0 fully saturated rings. The van der Waals surface area contributed by atoms with Gasteiger partial charge in [-0.25, -0.2) is 0 Å². The fourth-order valence-corrected chi connectivity index (χ4v) is 2.32. The van der Waals surface area contributed by atoms with Gasteiger partial charge in [-0.05, 0) is 39.2 Å². The molecule has 0 saturated heterocycles. The molecule has 0 aliphatic rings. The molecular formula is C15H11BrN2O5. The minimum atomic E-state index is -0.541. The molecule has 0 bridgehead atoms. The normalized spacial score (nSPS) is 10.7. The van der Waals surface area contributed by atoms with Gasteiger partial charge in [-0.2, -0.15) is 0 Å². The van der Waals surface area contributed by atoms with Crippen molar-refractivity contribution in [1.82, 2.24) is 0 Å². The highest BCUT2D eigenvalue weighted by Crippen LogP contribution is 2.27. The minimum Gasteiger partial charge on any atom is -0.488 e. The summed E-state index contributed by atoms with van der Waals surface area (Å²) >= 11 is 3.33. The summed E-state index contributed by atoms with van der Waals surface area (Å²) in [6.45, 7) is 0.171. The Hall–Kier alpha value is -2.74. The van der Waals surface area contributed by atoms with E-state index in [1.54, 1.807) is 30.3 Å². The van der Waals surface area contributed by atoms with Crippen molar-refractivity contribution in [2.75, 3.05) is 0 Å². The van der Waals surface area contributed by atoms with Gasteiger partial charge in [0.1, 0.15) is 12.4 Å². The quantitative estimate of drug-likeness (QED) is 0.554. The van der Waals surface area contributed by atoms with Gasteiger partial charge in [0.25, 0.3) is 5.69 Å². The molecule has 0 spiro atoms. The van der Waals surface area contributed by atoms with E-state index in [2.05, 4.69) is 15.9 Å². The molecule has 0 heterocycles. The van der Waals surface area contributed by atoms with E-state index in [0.717, 1.165) is 6.20 Å². The number of halogens is 1. The number of nitro benzene ring substituents is 1. The van der Waals surface area contributed by atoms with Crippen LogP contribution in [-0.2, 0) is 6.61 Å². The first-order chi connectivity index (χ1) is 11.0. The Kier molecular flexibility index (Phi) is 5.42. The third-order valence-electron chi connectivity index (χ3n) is 2.86. The van der Waals surface area contributed by atoms with Gasteiger partial charge in [-0.1, -0.05) is 18.2 Å². The molecule has 0 N–H and O–H groups in total. The van der Waals surface area contributed by atoms with Gasteiger partial charge in [-0.3, -0.25) is 20.2 Å². The van der Waals surface area contributed by atoms with Gasteiger partial charge in [0, 0.05) is 18.2 Å². The monoisotopic (exact) mass is 378 g/mol. The van der Waals surface area contributed by atoms with E-state index in [9.17, 15) is 20.2 Å². The lowest BCUT2D eigenvalue weighted by Crippen LogP contribution is -1.97. The summed E-state index contributed by atoms with van der Waals surface area (Å²) in [6.07, 6.45) is 2.22. The first-order valence-corrected chi connectivity index (χ1v) is 7.22. The highest BCUT2D eigenvalue weighted by Gasteiger charge is 2.07. The highest BCUT2D eigenvalue weighted by atomic mass is 79.9. The number of ether oxygens (including phenoxy) is 1. The van der Waals surface area contributed by atoms with Gasteiger partial charge in [-0.15, -0.1) is 0 Å². The second-order valence-corrected chi connectivity index (χ2v) is 5.36. The van der Waals surface area contributed by atoms with Crippen molar-refractivity contribution in [2.45, 2.75) is 6.61 Å². The summed E-state index contributed by atoms with van der Waals surface area (Å²) < 4.78 is 6.24. The van der Waals surface area contributed by atoms with Crippen LogP contribution in [0.4, 0.5) is 5.69 Å². The van der Waals surface area contributed by atoms with Crippen LogP contribution in [0.5, 0.6) is 5.75 Å². The maximum Gasteiger partial charge on any atom is 0.269 e. The number of hydrogen-bond acceptors (Lipinski definition) is 5. The number of nitro groups is 2. The van der Waals surface area contributed by atoms with E-state index < -0.39 is 9.85 Å². The van der Waals surface area contributed by atoms with Crippen molar-refractivity contribution >= 4 is 27.7 Å². The van der Waals surface area contributed by atoms with Gasteiger partial charge in [0.15, 0.2) is 0 Å². The number of rotatable bonds is 6. The van der Waals surface area contributed by atoms with Crippen molar-refractivity contribution in [3.63, 3.8) is 0 Å². The predicted molar refractivity (Wildman–Crippen MR) is 87.6 cm³/mol. The number of nitrogens with zero attached hydrogens (tertiary/aromatic N) is 2. The molecule has 0 unspecified atom stereocenters. The SMILES string of the molecule is O=[N+]([O-])C=Cc1ccc(OCc2cccc([N+](=O)[O-])c2)c(Br)c1. The molecule has 2 aromatic rings. The maximum atomic E-state index is 10.7. The zero-order chi connectivity index (χ0) is 16.8. The molecule has 2 aromatic carbocycles. The summed E-state index contributed by atoms with van der Waals surface area (Å²) in [5.41, 5.74) is 1.32. The largest absolute Gasteiger partial charge is 0.488 e. The highest BCUT2D eigenvalue weighted by molar-refractivity contribution is 9.10. The van der Waals surface area contributed by atoms with Crippen LogP contribution in [0.2, 0.25) is 0 Å². The van der Waals surface area contributed by atoms with Crippen LogP contribution in [0.25, 0.3) is 6.08 Å². The van der Waals surface area contributed by atoms with Gasteiger partial charge in [0.05, 0.1) is 14.3 Å². The molecule has 0 saturated carbocycles. The first-order valence-electron chi connectivity index (χ1n) is 6.43. The summed E-state index contributed by atoms with van der Waals surface area (Å²) in [7, 11) is 0. The summed E-state index contributed by atoms with van der Waals surface area (Å²) in [5.74, 6) is 0.537. The van der Waals surface area contributed by atoms with Crippen molar-refractivity contribution in [3.8, 4) is 5.75 Å². The molecule has 2 rings (SSSR count). The van der Waals surface area contributed by atoms with E-state index in [0.29, 0.717) is 21.3 Å². The van der Waals surface area contributed by atoms with Crippen LogP contribution < -0.4 is 4.74 Å². The van der Waals surface area contributed by atoms with Crippen LogP contribution in [0.3, 0.4) is 0 Å². The van der Waals surface area contributed by atoms with Crippen molar-refractivity contribution in [1.29, 1.82) is 0 Å². The molecule has 118 valence electrons. The zero-order valence-electron chi connectivity index (χ0n) is 11.7. The molecule has 0 amide bonds. The van der Waals surface area contributed by atoms with Crippen molar-refractivity contribution in [3.05, 3.63) is 84.5 Å². The lowest BCUT2D eigenvalue weighted by Gasteiger charge is -2.08. The zero-order valence-corrected chi connectivity index (χ0v) is 13.3. The summed E-state index contributed by atoms with van der Waals surface area (Å²) in [6, 6.07) is 11.2. The Labute approximate surface area is 139 Å².